The van der Waals surface area contributed by atoms with Crippen LogP contribution in [-0.4, -0.2) is 45.8 Å². The number of pyridine rings is 2. The smallest absolute Gasteiger partial charge is 0.272 e. The van der Waals surface area contributed by atoms with Crippen LogP contribution < -0.4 is 14.4 Å². The molecule has 3 aromatic rings. The second-order valence-electron chi connectivity index (χ2n) is 10.00. The second kappa shape index (κ2) is 8.58. The summed E-state index contributed by atoms with van der Waals surface area (Å²) < 4.78 is 37.6. The Bertz CT molecular complexity index is 1280. The number of hydrogen-bond acceptors (Lipinski definition) is 6. The van der Waals surface area contributed by atoms with Gasteiger partial charge in [0.2, 0.25) is 0 Å². The molecule has 3 aromatic heterocycles. The molecule has 0 saturated carbocycles. The molecule has 1 aliphatic rings. The maximum absolute atomic E-state index is 13.6. The third-order valence-electron chi connectivity index (χ3n) is 5.96. The molecule has 35 heavy (non-hydrogen) atoms. The van der Waals surface area contributed by atoms with Crippen molar-refractivity contribution in [1.29, 1.82) is 0 Å². The van der Waals surface area contributed by atoms with E-state index in [0.717, 1.165) is 5.56 Å². The SMILES string of the molecule is COc1ncc(-c2cc(C)c3c(n2)C(C)(C)N(c2cnn(C(C)(C)C)c2)C3=O)cc1OCC(F)F. The van der Waals surface area contributed by atoms with Crippen molar-refractivity contribution in [3.8, 4) is 22.9 Å². The Morgan fingerprint density at radius 1 is 1.17 bits per heavy atom. The summed E-state index contributed by atoms with van der Waals surface area (Å²) in [6.07, 6.45) is 2.45. The number of fused-ring (bicyclic) bond motifs is 1. The molecule has 4 heterocycles. The molecule has 1 amide bonds. The Morgan fingerprint density at radius 2 is 1.89 bits per heavy atom. The summed E-state index contributed by atoms with van der Waals surface area (Å²) in [6.45, 7) is 11.1. The first-order valence-electron chi connectivity index (χ1n) is 11.2. The number of carbonyl (C=O) groups is 1. The molecule has 0 saturated heterocycles. The summed E-state index contributed by atoms with van der Waals surface area (Å²) in [5.41, 5.74) is 2.71. The van der Waals surface area contributed by atoms with Crippen molar-refractivity contribution in [1.82, 2.24) is 19.7 Å². The van der Waals surface area contributed by atoms with E-state index in [4.69, 9.17) is 14.5 Å². The molecule has 0 atom stereocenters. The van der Waals surface area contributed by atoms with Crippen LogP contribution in [-0.2, 0) is 11.1 Å². The van der Waals surface area contributed by atoms with E-state index in [-0.39, 0.29) is 23.1 Å². The number of amides is 1. The van der Waals surface area contributed by atoms with E-state index >= 15 is 0 Å². The first-order valence-corrected chi connectivity index (χ1v) is 11.2. The Labute approximate surface area is 202 Å². The number of methoxy groups -OCH3 is 1. The van der Waals surface area contributed by atoms with Gasteiger partial charge in [0.25, 0.3) is 18.2 Å². The minimum atomic E-state index is -2.64. The van der Waals surface area contributed by atoms with E-state index in [1.165, 1.54) is 13.3 Å². The number of halogens is 2. The van der Waals surface area contributed by atoms with Gasteiger partial charge >= 0.3 is 0 Å². The maximum Gasteiger partial charge on any atom is 0.272 e. The van der Waals surface area contributed by atoms with Gasteiger partial charge in [-0.3, -0.25) is 14.4 Å². The molecular weight excluding hydrogens is 456 g/mol. The Kier molecular flexibility index (Phi) is 6.02. The van der Waals surface area contributed by atoms with Crippen LogP contribution in [0.25, 0.3) is 11.3 Å². The van der Waals surface area contributed by atoms with E-state index in [2.05, 4.69) is 10.1 Å². The van der Waals surface area contributed by atoms with Gasteiger partial charge in [0.1, 0.15) is 6.61 Å². The minimum absolute atomic E-state index is 0.0943. The van der Waals surface area contributed by atoms with Crippen molar-refractivity contribution in [3.05, 3.63) is 47.5 Å². The van der Waals surface area contributed by atoms with Crippen molar-refractivity contribution in [3.63, 3.8) is 0 Å². The zero-order chi connectivity index (χ0) is 25.7. The molecular formula is C25H29F2N5O3. The summed E-state index contributed by atoms with van der Waals surface area (Å²) in [4.78, 5) is 24.3. The number of carbonyl (C=O) groups excluding carboxylic acids is 1. The van der Waals surface area contributed by atoms with E-state index in [1.807, 2.05) is 52.4 Å². The molecule has 10 heteroatoms. The number of nitrogens with zero attached hydrogens (tertiary/aromatic N) is 5. The molecule has 0 aliphatic carbocycles. The fraction of sp³-hybridized carbons (Fsp3) is 0.440. The number of anilines is 1. The van der Waals surface area contributed by atoms with Crippen LogP contribution in [0.15, 0.2) is 30.7 Å². The number of ether oxygens (including phenoxy) is 2. The number of aromatic nitrogens is 4. The Morgan fingerprint density at radius 3 is 2.49 bits per heavy atom. The van der Waals surface area contributed by atoms with Crippen LogP contribution in [0.4, 0.5) is 14.5 Å². The van der Waals surface area contributed by atoms with Crippen LogP contribution in [0.5, 0.6) is 11.6 Å². The van der Waals surface area contributed by atoms with E-state index in [0.29, 0.717) is 28.2 Å². The lowest BCUT2D eigenvalue weighted by Gasteiger charge is -2.30. The van der Waals surface area contributed by atoms with Gasteiger partial charge in [-0.1, -0.05) is 0 Å². The van der Waals surface area contributed by atoms with Crippen molar-refractivity contribution in [2.75, 3.05) is 18.6 Å². The summed E-state index contributed by atoms with van der Waals surface area (Å²) in [7, 11) is 1.39. The average molecular weight is 486 g/mol. The fourth-order valence-corrected chi connectivity index (χ4v) is 4.22. The lowest BCUT2D eigenvalue weighted by atomic mass is 9.96. The van der Waals surface area contributed by atoms with Gasteiger partial charge in [0.05, 0.1) is 47.0 Å². The monoisotopic (exact) mass is 485 g/mol. The summed E-state index contributed by atoms with van der Waals surface area (Å²) in [6, 6.07) is 3.35. The van der Waals surface area contributed by atoms with Gasteiger partial charge < -0.3 is 9.47 Å². The first-order chi connectivity index (χ1) is 16.3. The summed E-state index contributed by atoms with van der Waals surface area (Å²) >= 11 is 0. The molecule has 0 unspecified atom stereocenters. The van der Waals surface area contributed by atoms with Crippen LogP contribution in [0, 0.1) is 6.92 Å². The predicted octanol–water partition coefficient (Wildman–Crippen LogP) is 4.95. The molecule has 0 spiro atoms. The van der Waals surface area contributed by atoms with Gasteiger partial charge in [0, 0.05) is 18.0 Å². The highest BCUT2D eigenvalue weighted by molar-refractivity contribution is 6.12. The highest BCUT2D eigenvalue weighted by Gasteiger charge is 2.47. The Hall–Kier alpha value is -3.56. The maximum atomic E-state index is 13.6. The largest absolute Gasteiger partial charge is 0.482 e. The molecule has 0 fully saturated rings. The average Bonchev–Trinajstić information content (AvgIpc) is 3.33. The topological polar surface area (TPSA) is 82.4 Å². The minimum Gasteiger partial charge on any atom is -0.482 e. The first kappa shape index (κ1) is 24.6. The predicted molar refractivity (Wildman–Crippen MR) is 127 cm³/mol. The third kappa shape index (κ3) is 4.33. The lowest BCUT2D eigenvalue weighted by molar-refractivity contribution is 0.0801. The zero-order valence-corrected chi connectivity index (χ0v) is 20.9. The van der Waals surface area contributed by atoms with Gasteiger partial charge in [0.15, 0.2) is 5.75 Å². The van der Waals surface area contributed by atoms with Crippen LogP contribution in [0.3, 0.4) is 0 Å². The summed E-state index contributed by atoms with van der Waals surface area (Å²) in [5.74, 6) is 0.0467. The van der Waals surface area contributed by atoms with Gasteiger partial charge in [-0.05, 0) is 59.2 Å². The van der Waals surface area contributed by atoms with E-state index in [1.54, 1.807) is 23.2 Å². The number of alkyl halides is 2. The fourth-order valence-electron chi connectivity index (χ4n) is 4.22. The van der Waals surface area contributed by atoms with E-state index in [9.17, 15) is 13.6 Å². The molecule has 0 radical (unpaired) electrons. The van der Waals surface area contributed by atoms with Crippen molar-refractivity contribution < 1.29 is 23.0 Å². The molecule has 0 N–H and O–H groups in total. The van der Waals surface area contributed by atoms with Gasteiger partial charge in [-0.2, -0.15) is 5.10 Å². The number of hydrogen-bond donors (Lipinski definition) is 0. The molecule has 1 aliphatic heterocycles. The Balaban J connectivity index is 1.77. The molecule has 0 bridgehead atoms. The van der Waals surface area contributed by atoms with Gasteiger partial charge in [-0.25, -0.2) is 18.7 Å². The van der Waals surface area contributed by atoms with E-state index < -0.39 is 18.6 Å². The zero-order valence-electron chi connectivity index (χ0n) is 20.9. The van der Waals surface area contributed by atoms with Crippen molar-refractivity contribution in [2.45, 2.75) is 59.0 Å². The summed E-state index contributed by atoms with van der Waals surface area (Å²) in [5, 5.41) is 4.45. The van der Waals surface area contributed by atoms with Crippen LogP contribution >= 0.6 is 0 Å². The lowest BCUT2D eigenvalue weighted by Crippen LogP contribution is -2.39. The third-order valence-corrected chi connectivity index (χ3v) is 5.96. The molecule has 0 aromatic carbocycles. The number of aryl methyl sites for hydroxylation is 1. The van der Waals surface area contributed by atoms with Crippen LogP contribution in [0.2, 0.25) is 0 Å². The van der Waals surface area contributed by atoms with Gasteiger partial charge in [-0.15, -0.1) is 0 Å². The quantitative estimate of drug-likeness (QED) is 0.491. The normalized spacial score (nSPS) is 15.0. The second-order valence-corrected chi connectivity index (χ2v) is 10.00. The molecule has 8 nitrogen and oxygen atoms in total. The number of rotatable bonds is 6. The highest BCUT2D eigenvalue weighted by atomic mass is 19.3. The molecule has 186 valence electrons. The van der Waals surface area contributed by atoms with Crippen molar-refractivity contribution >= 4 is 11.6 Å². The molecule has 4 rings (SSSR count). The van der Waals surface area contributed by atoms with Crippen LogP contribution in [0.1, 0.15) is 56.2 Å². The van der Waals surface area contributed by atoms with Crippen molar-refractivity contribution in [2.24, 2.45) is 0 Å². The highest BCUT2D eigenvalue weighted by Crippen LogP contribution is 2.43. The standard InChI is InChI=1S/C25H29F2N5O3/c1-14-8-17(15-9-18(35-13-19(26)27)22(34-7)28-10-15)30-21-20(14)23(33)32(25(21,5)6)16-11-29-31(12-16)24(2,3)4/h8-12,19H,13H2,1-7H3.